The average Bonchev–Trinajstić information content (AvgIpc) is 2.53. The third-order valence-electron chi connectivity index (χ3n) is 3.55. The van der Waals surface area contributed by atoms with Crippen LogP contribution in [0.3, 0.4) is 0 Å². The fourth-order valence-corrected chi connectivity index (χ4v) is 2.22. The Labute approximate surface area is 137 Å². The molecule has 5 heteroatoms. The van der Waals surface area contributed by atoms with Gasteiger partial charge in [-0.1, -0.05) is 45.1 Å². The fourth-order valence-electron chi connectivity index (χ4n) is 2.22. The summed E-state index contributed by atoms with van der Waals surface area (Å²) in [5.41, 5.74) is 0.219. The zero-order valence-electron chi connectivity index (χ0n) is 14.0. The molecule has 0 N–H and O–H groups in total. The van der Waals surface area contributed by atoms with E-state index in [4.69, 9.17) is 4.74 Å². The fraction of sp³-hybridized carbons (Fsp3) is 0.556. The number of carbonyl (C=O) groups is 2. The van der Waals surface area contributed by atoms with Crippen LogP contribution >= 0.6 is 0 Å². The summed E-state index contributed by atoms with van der Waals surface area (Å²) >= 11 is 0. The Balaban J connectivity index is 2.24. The number of hydrogen-bond donors (Lipinski definition) is 0. The Morgan fingerprint density at radius 3 is 2.52 bits per heavy atom. The molecule has 0 heterocycles. The Hall–Kier alpha value is -1.91. The quantitative estimate of drug-likeness (QED) is 0.486. The summed E-state index contributed by atoms with van der Waals surface area (Å²) in [6, 6.07) is 5.41. The average molecular weight is 323 g/mol. The number of carbonyl (C=O) groups excluding carboxylic acids is 2. The van der Waals surface area contributed by atoms with E-state index < -0.39 is 17.7 Å². The van der Waals surface area contributed by atoms with Gasteiger partial charge in [-0.25, -0.2) is 4.39 Å². The highest BCUT2D eigenvalue weighted by molar-refractivity contribution is 5.95. The molecule has 0 fully saturated rings. The Morgan fingerprint density at radius 1 is 1.13 bits per heavy atom. The minimum atomic E-state index is -0.477. The van der Waals surface area contributed by atoms with Crippen LogP contribution in [0.5, 0.6) is 0 Å². The van der Waals surface area contributed by atoms with E-state index in [-0.39, 0.29) is 12.1 Å². The molecule has 0 saturated heterocycles. The first-order valence-corrected chi connectivity index (χ1v) is 8.21. The lowest BCUT2D eigenvalue weighted by molar-refractivity contribution is -0.144. The first-order chi connectivity index (χ1) is 11.0. The number of likely N-dealkylation sites (N-methyl/N-ethyl adjacent to an activating group) is 1. The third-order valence-corrected chi connectivity index (χ3v) is 3.55. The number of halogens is 1. The van der Waals surface area contributed by atoms with Gasteiger partial charge in [0, 0.05) is 12.6 Å². The molecule has 4 nitrogen and oxygen atoms in total. The Bertz CT molecular complexity index is 505. The lowest BCUT2D eigenvalue weighted by Gasteiger charge is -2.16. The van der Waals surface area contributed by atoms with Gasteiger partial charge in [0.05, 0.1) is 6.61 Å². The second kappa shape index (κ2) is 10.8. The number of benzene rings is 1. The van der Waals surface area contributed by atoms with Gasteiger partial charge in [0.15, 0.2) is 0 Å². The van der Waals surface area contributed by atoms with Gasteiger partial charge in [-0.2, -0.15) is 0 Å². The molecule has 0 radical (unpaired) electrons. The lowest BCUT2D eigenvalue weighted by atomic mass is 10.1. The smallest absolute Gasteiger partial charge is 0.325 e. The van der Waals surface area contributed by atoms with E-state index >= 15 is 0 Å². The van der Waals surface area contributed by atoms with Crippen LogP contribution < -0.4 is 0 Å². The summed E-state index contributed by atoms with van der Waals surface area (Å²) in [7, 11) is 1.50. The summed E-state index contributed by atoms with van der Waals surface area (Å²) < 4.78 is 18.2. The normalized spacial score (nSPS) is 10.4. The van der Waals surface area contributed by atoms with Gasteiger partial charge < -0.3 is 9.64 Å². The van der Waals surface area contributed by atoms with Crippen molar-refractivity contribution < 1.29 is 18.7 Å². The second-order valence-corrected chi connectivity index (χ2v) is 5.66. The van der Waals surface area contributed by atoms with Gasteiger partial charge in [-0.3, -0.25) is 9.59 Å². The van der Waals surface area contributed by atoms with Crippen molar-refractivity contribution in [2.24, 2.45) is 0 Å². The van der Waals surface area contributed by atoms with Crippen LogP contribution in [-0.4, -0.2) is 37.0 Å². The molecular weight excluding hydrogens is 297 g/mol. The molecule has 0 aromatic heterocycles. The van der Waals surface area contributed by atoms with Crippen molar-refractivity contribution in [2.75, 3.05) is 20.2 Å². The Morgan fingerprint density at radius 2 is 1.83 bits per heavy atom. The van der Waals surface area contributed by atoms with Crippen LogP contribution in [0.2, 0.25) is 0 Å². The van der Waals surface area contributed by atoms with Gasteiger partial charge >= 0.3 is 5.97 Å². The van der Waals surface area contributed by atoms with E-state index in [9.17, 15) is 14.0 Å². The SMILES string of the molecule is CCCCCCCCOC(=O)CN(C)C(=O)c1cccc(F)c1. The third kappa shape index (κ3) is 7.77. The molecule has 0 bridgehead atoms. The molecule has 0 atom stereocenters. The number of ether oxygens (including phenoxy) is 1. The maximum Gasteiger partial charge on any atom is 0.325 e. The number of amides is 1. The molecule has 0 unspecified atom stereocenters. The number of nitrogens with zero attached hydrogens (tertiary/aromatic N) is 1. The van der Waals surface area contributed by atoms with Gasteiger partial charge in [0.1, 0.15) is 12.4 Å². The first kappa shape index (κ1) is 19.1. The van der Waals surface area contributed by atoms with Crippen LogP contribution in [-0.2, 0) is 9.53 Å². The van der Waals surface area contributed by atoms with Crippen LogP contribution in [0.25, 0.3) is 0 Å². The number of esters is 1. The molecule has 0 aliphatic carbocycles. The minimum absolute atomic E-state index is 0.134. The highest BCUT2D eigenvalue weighted by Gasteiger charge is 2.16. The van der Waals surface area contributed by atoms with Crippen molar-refractivity contribution >= 4 is 11.9 Å². The highest BCUT2D eigenvalue weighted by atomic mass is 19.1. The van der Waals surface area contributed by atoms with E-state index in [0.29, 0.717) is 6.61 Å². The molecule has 1 aromatic rings. The molecule has 23 heavy (non-hydrogen) atoms. The van der Waals surface area contributed by atoms with Crippen molar-refractivity contribution in [3.8, 4) is 0 Å². The van der Waals surface area contributed by atoms with Crippen LogP contribution in [0.4, 0.5) is 4.39 Å². The molecule has 0 spiro atoms. The van der Waals surface area contributed by atoms with Gasteiger partial charge in [-0.05, 0) is 24.6 Å². The zero-order chi connectivity index (χ0) is 17.1. The monoisotopic (exact) mass is 323 g/mol. The predicted octanol–water partition coefficient (Wildman–Crippen LogP) is 3.80. The van der Waals surface area contributed by atoms with Gasteiger partial charge in [0.2, 0.25) is 0 Å². The molecule has 0 aliphatic heterocycles. The van der Waals surface area contributed by atoms with Crippen LogP contribution in [0, 0.1) is 5.82 Å². The summed E-state index contributed by atoms with van der Waals surface area (Å²) in [6.45, 7) is 2.42. The zero-order valence-corrected chi connectivity index (χ0v) is 14.0. The maximum atomic E-state index is 13.1. The lowest BCUT2D eigenvalue weighted by Crippen LogP contribution is -2.33. The van der Waals surface area contributed by atoms with E-state index in [1.807, 2.05) is 0 Å². The molecular formula is C18H26FNO3. The van der Waals surface area contributed by atoms with Crippen LogP contribution in [0.1, 0.15) is 55.8 Å². The van der Waals surface area contributed by atoms with Crippen molar-refractivity contribution in [1.82, 2.24) is 4.90 Å². The molecule has 1 rings (SSSR count). The topological polar surface area (TPSA) is 46.6 Å². The van der Waals surface area contributed by atoms with Crippen molar-refractivity contribution in [2.45, 2.75) is 45.4 Å². The maximum absolute atomic E-state index is 13.1. The molecule has 1 amide bonds. The number of unbranched alkanes of at least 4 members (excludes halogenated alkanes) is 5. The molecule has 1 aromatic carbocycles. The second-order valence-electron chi connectivity index (χ2n) is 5.66. The summed E-state index contributed by atoms with van der Waals surface area (Å²) in [4.78, 5) is 25.0. The first-order valence-electron chi connectivity index (χ1n) is 8.21. The standard InChI is InChI=1S/C18H26FNO3/c1-3-4-5-6-7-8-12-23-17(21)14-20(2)18(22)15-10-9-11-16(19)13-15/h9-11,13H,3-8,12,14H2,1-2H3. The van der Waals surface area contributed by atoms with Gasteiger partial charge in [-0.15, -0.1) is 0 Å². The largest absolute Gasteiger partial charge is 0.464 e. The van der Waals surface area contributed by atoms with Crippen molar-refractivity contribution in [3.63, 3.8) is 0 Å². The van der Waals surface area contributed by atoms with E-state index in [2.05, 4.69) is 6.92 Å². The summed E-state index contributed by atoms with van der Waals surface area (Å²) in [6.07, 6.45) is 6.72. The number of rotatable bonds is 10. The molecule has 0 aliphatic rings. The van der Waals surface area contributed by atoms with Crippen molar-refractivity contribution in [3.05, 3.63) is 35.6 Å². The Kier molecular flexibility index (Phi) is 8.95. The minimum Gasteiger partial charge on any atom is -0.464 e. The summed E-state index contributed by atoms with van der Waals surface area (Å²) in [5.74, 6) is -1.32. The molecule has 128 valence electrons. The van der Waals surface area contributed by atoms with E-state index in [1.54, 1.807) is 0 Å². The number of hydrogen-bond acceptors (Lipinski definition) is 3. The molecule has 0 saturated carbocycles. The van der Waals surface area contributed by atoms with Crippen LogP contribution in [0.15, 0.2) is 24.3 Å². The van der Waals surface area contributed by atoms with E-state index in [1.165, 1.54) is 49.4 Å². The highest BCUT2D eigenvalue weighted by Crippen LogP contribution is 2.07. The van der Waals surface area contributed by atoms with Crippen molar-refractivity contribution in [1.29, 1.82) is 0 Å². The van der Waals surface area contributed by atoms with E-state index in [0.717, 1.165) is 25.3 Å². The predicted molar refractivity (Wildman–Crippen MR) is 87.7 cm³/mol. The van der Waals surface area contributed by atoms with Gasteiger partial charge in [0.25, 0.3) is 5.91 Å². The summed E-state index contributed by atoms with van der Waals surface area (Å²) in [5, 5.41) is 0.